The van der Waals surface area contributed by atoms with Crippen LogP contribution in [0.2, 0.25) is 0 Å². The van der Waals surface area contributed by atoms with Crippen LogP contribution in [0.5, 0.6) is 0 Å². The number of primary amides is 1. The first kappa shape index (κ1) is 18.2. The van der Waals surface area contributed by atoms with E-state index in [-0.39, 0.29) is 12.5 Å². The van der Waals surface area contributed by atoms with Gasteiger partial charge in [-0.15, -0.1) is 6.58 Å². The summed E-state index contributed by atoms with van der Waals surface area (Å²) >= 11 is 0. The summed E-state index contributed by atoms with van der Waals surface area (Å²) in [4.78, 5) is 34.7. The molecule has 7 nitrogen and oxygen atoms in total. The second-order valence-corrected chi connectivity index (χ2v) is 5.63. The van der Waals surface area contributed by atoms with Gasteiger partial charge in [0.05, 0.1) is 5.41 Å². The van der Waals surface area contributed by atoms with Gasteiger partial charge in [-0.05, 0) is 38.1 Å². The van der Waals surface area contributed by atoms with Crippen molar-refractivity contribution in [2.24, 2.45) is 11.1 Å². The molecular formula is C16H22N4O3. The minimum Gasteiger partial charge on any atom is -0.369 e. The lowest BCUT2D eigenvalue weighted by Crippen LogP contribution is -2.43. The van der Waals surface area contributed by atoms with Crippen molar-refractivity contribution in [1.29, 1.82) is 0 Å². The first-order chi connectivity index (χ1) is 10.8. The molecule has 7 heteroatoms. The standard InChI is InChI=1S/C16H22N4O3/c1-4-9-18-13(21)11-5-7-12(8-6-11)20-15(23)19-10-16(2,3)14(17)22/h4-8H,1,9-10H2,2-3H3,(H2,17,22)(H,18,21)(H2,19,20,23). The highest BCUT2D eigenvalue weighted by Gasteiger charge is 2.25. The SMILES string of the molecule is C=CCNC(=O)c1ccc(NC(=O)NCC(C)(C)C(N)=O)cc1. The van der Waals surface area contributed by atoms with Crippen LogP contribution in [0.4, 0.5) is 10.5 Å². The monoisotopic (exact) mass is 318 g/mol. The number of carbonyl (C=O) groups excluding carboxylic acids is 3. The van der Waals surface area contributed by atoms with Gasteiger partial charge in [0.2, 0.25) is 5.91 Å². The molecular weight excluding hydrogens is 296 g/mol. The van der Waals surface area contributed by atoms with E-state index in [1.165, 1.54) is 0 Å². The minimum absolute atomic E-state index is 0.121. The van der Waals surface area contributed by atoms with Crippen molar-refractivity contribution < 1.29 is 14.4 Å². The Morgan fingerprint density at radius 1 is 1.17 bits per heavy atom. The molecule has 0 radical (unpaired) electrons. The highest BCUT2D eigenvalue weighted by atomic mass is 16.2. The van der Waals surface area contributed by atoms with Crippen molar-refractivity contribution in [3.05, 3.63) is 42.5 Å². The molecule has 0 atom stereocenters. The Morgan fingerprint density at radius 2 is 1.78 bits per heavy atom. The van der Waals surface area contributed by atoms with Crippen LogP contribution in [0.25, 0.3) is 0 Å². The molecule has 0 fully saturated rings. The van der Waals surface area contributed by atoms with Crippen LogP contribution in [-0.4, -0.2) is 30.9 Å². The lowest BCUT2D eigenvalue weighted by Gasteiger charge is -2.20. The lowest BCUT2D eigenvalue weighted by molar-refractivity contribution is -0.125. The number of nitrogens with two attached hydrogens (primary N) is 1. The van der Waals surface area contributed by atoms with Gasteiger partial charge < -0.3 is 21.7 Å². The second-order valence-electron chi connectivity index (χ2n) is 5.63. The van der Waals surface area contributed by atoms with Gasteiger partial charge in [0.15, 0.2) is 0 Å². The zero-order chi connectivity index (χ0) is 17.5. The van der Waals surface area contributed by atoms with Gasteiger partial charge in [-0.2, -0.15) is 0 Å². The number of anilines is 1. The third-order valence-electron chi connectivity index (χ3n) is 3.17. The molecule has 0 bridgehead atoms. The maximum atomic E-state index is 11.8. The van der Waals surface area contributed by atoms with Gasteiger partial charge in [-0.3, -0.25) is 9.59 Å². The summed E-state index contributed by atoms with van der Waals surface area (Å²) in [6.07, 6.45) is 1.59. The molecule has 23 heavy (non-hydrogen) atoms. The molecule has 0 spiro atoms. The number of carbonyl (C=O) groups is 3. The maximum absolute atomic E-state index is 11.8. The average molecular weight is 318 g/mol. The largest absolute Gasteiger partial charge is 0.369 e. The molecule has 0 aliphatic carbocycles. The second kappa shape index (κ2) is 7.98. The summed E-state index contributed by atoms with van der Waals surface area (Å²) in [5.74, 6) is -0.711. The fourth-order valence-corrected chi connectivity index (χ4v) is 1.54. The Morgan fingerprint density at radius 3 is 2.30 bits per heavy atom. The Kier molecular flexibility index (Phi) is 6.32. The van der Waals surface area contributed by atoms with Crippen molar-refractivity contribution in [2.45, 2.75) is 13.8 Å². The predicted octanol–water partition coefficient (Wildman–Crippen LogP) is 1.24. The van der Waals surface area contributed by atoms with Crippen LogP contribution in [0.3, 0.4) is 0 Å². The third-order valence-corrected chi connectivity index (χ3v) is 3.17. The number of benzene rings is 1. The molecule has 0 saturated carbocycles. The third kappa shape index (κ3) is 5.82. The highest BCUT2D eigenvalue weighted by molar-refractivity contribution is 5.95. The van der Waals surface area contributed by atoms with E-state index in [1.54, 1.807) is 44.2 Å². The van der Waals surface area contributed by atoms with E-state index < -0.39 is 17.4 Å². The van der Waals surface area contributed by atoms with E-state index in [2.05, 4.69) is 22.5 Å². The van der Waals surface area contributed by atoms with Gasteiger partial charge in [0.25, 0.3) is 5.91 Å². The Hall–Kier alpha value is -2.83. The zero-order valence-electron chi connectivity index (χ0n) is 13.3. The van der Waals surface area contributed by atoms with Crippen molar-refractivity contribution in [3.8, 4) is 0 Å². The lowest BCUT2D eigenvalue weighted by atomic mass is 9.93. The normalized spacial score (nSPS) is 10.5. The maximum Gasteiger partial charge on any atom is 0.319 e. The van der Waals surface area contributed by atoms with E-state index >= 15 is 0 Å². The highest BCUT2D eigenvalue weighted by Crippen LogP contribution is 2.13. The van der Waals surface area contributed by atoms with Crippen LogP contribution in [0.15, 0.2) is 36.9 Å². The fraction of sp³-hybridized carbons (Fsp3) is 0.312. The van der Waals surface area contributed by atoms with Crippen LogP contribution in [0, 0.1) is 5.41 Å². The van der Waals surface area contributed by atoms with Crippen molar-refractivity contribution in [3.63, 3.8) is 0 Å². The molecule has 0 saturated heterocycles. The van der Waals surface area contributed by atoms with Crippen molar-refractivity contribution >= 4 is 23.5 Å². The molecule has 0 heterocycles. The van der Waals surface area contributed by atoms with E-state index in [4.69, 9.17) is 5.73 Å². The van der Waals surface area contributed by atoms with Gasteiger partial charge in [-0.1, -0.05) is 6.08 Å². The minimum atomic E-state index is -0.829. The quantitative estimate of drug-likeness (QED) is 0.567. The van der Waals surface area contributed by atoms with E-state index in [0.717, 1.165) is 0 Å². The number of amides is 4. The van der Waals surface area contributed by atoms with Gasteiger partial charge in [0, 0.05) is 24.3 Å². The van der Waals surface area contributed by atoms with Crippen molar-refractivity contribution in [1.82, 2.24) is 10.6 Å². The van der Waals surface area contributed by atoms with Crippen molar-refractivity contribution in [2.75, 3.05) is 18.4 Å². The molecule has 4 amide bonds. The van der Waals surface area contributed by atoms with Crippen LogP contribution < -0.4 is 21.7 Å². The number of nitrogens with one attached hydrogen (secondary N) is 3. The molecule has 1 aromatic rings. The molecule has 0 aliphatic heterocycles. The molecule has 124 valence electrons. The summed E-state index contributed by atoms with van der Waals surface area (Å²) in [6.45, 7) is 7.32. The smallest absolute Gasteiger partial charge is 0.319 e. The molecule has 0 unspecified atom stereocenters. The topological polar surface area (TPSA) is 113 Å². The number of rotatable bonds is 7. The average Bonchev–Trinajstić information content (AvgIpc) is 2.51. The molecule has 5 N–H and O–H groups in total. The van der Waals surface area contributed by atoms with Gasteiger partial charge in [0.1, 0.15) is 0 Å². The summed E-state index contributed by atoms with van der Waals surface area (Å²) in [7, 11) is 0. The first-order valence-electron chi connectivity index (χ1n) is 7.10. The van der Waals surface area contributed by atoms with Crippen LogP contribution >= 0.6 is 0 Å². The number of urea groups is 1. The Balaban J connectivity index is 2.54. The molecule has 0 aromatic heterocycles. The van der Waals surface area contributed by atoms with Gasteiger partial charge in [-0.25, -0.2) is 4.79 Å². The molecule has 1 aromatic carbocycles. The predicted molar refractivity (Wildman–Crippen MR) is 89.0 cm³/mol. The summed E-state index contributed by atoms with van der Waals surface area (Å²) in [5, 5.41) is 7.85. The van der Waals surface area contributed by atoms with Gasteiger partial charge >= 0.3 is 6.03 Å². The van der Waals surface area contributed by atoms with Crippen LogP contribution in [0.1, 0.15) is 24.2 Å². The fourth-order valence-electron chi connectivity index (χ4n) is 1.54. The van der Waals surface area contributed by atoms with E-state index in [1.807, 2.05) is 0 Å². The zero-order valence-corrected chi connectivity index (χ0v) is 13.3. The Labute approximate surface area is 135 Å². The molecule has 0 aliphatic rings. The number of hydrogen-bond donors (Lipinski definition) is 4. The van der Waals surface area contributed by atoms with E-state index in [0.29, 0.717) is 17.8 Å². The molecule has 1 rings (SSSR count). The first-order valence-corrected chi connectivity index (χ1v) is 7.10. The number of hydrogen-bond acceptors (Lipinski definition) is 3. The summed E-state index contributed by atoms with van der Waals surface area (Å²) in [5.41, 5.74) is 5.41. The Bertz CT molecular complexity index is 594. The van der Waals surface area contributed by atoms with Crippen LogP contribution in [-0.2, 0) is 4.79 Å². The van der Waals surface area contributed by atoms with E-state index in [9.17, 15) is 14.4 Å². The summed E-state index contributed by atoms with van der Waals surface area (Å²) in [6, 6.07) is 5.97. The summed E-state index contributed by atoms with van der Waals surface area (Å²) < 4.78 is 0.